The summed E-state index contributed by atoms with van der Waals surface area (Å²) < 4.78 is 33.4. The van der Waals surface area contributed by atoms with Crippen LogP contribution in [0.1, 0.15) is 60.3 Å². The number of para-hydroxylation sites is 2. The zero-order chi connectivity index (χ0) is 50.3. The van der Waals surface area contributed by atoms with E-state index >= 15 is 0 Å². The van der Waals surface area contributed by atoms with Crippen molar-refractivity contribution in [2.75, 3.05) is 0 Å². The molecule has 0 unspecified atom stereocenters. The van der Waals surface area contributed by atoms with Gasteiger partial charge in [-0.05, 0) is 92.7 Å². The van der Waals surface area contributed by atoms with Gasteiger partial charge in [-0.1, -0.05) is 142 Å². The number of fused-ring (bicyclic) bond motifs is 4. The summed E-state index contributed by atoms with van der Waals surface area (Å²) in [6.07, 6.45) is 1.76. The van der Waals surface area contributed by atoms with E-state index in [9.17, 15) is 0 Å². The van der Waals surface area contributed by atoms with Gasteiger partial charge in [0.15, 0.2) is 0 Å². The molecule has 3 heterocycles. The molecule has 0 atom stereocenters. The smallest absolute Gasteiger partial charge is 0 e. The van der Waals surface area contributed by atoms with Gasteiger partial charge in [-0.25, -0.2) is 0 Å². The van der Waals surface area contributed by atoms with Gasteiger partial charge in [-0.3, -0.25) is 4.98 Å². The van der Waals surface area contributed by atoms with Gasteiger partial charge in [0.1, 0.15) is 5.58 Å². The summed E-state index contributed by atoms with van der Waals surface area (Å²) in [5.74, 6) is 7.92. The van der Waals surface area contributed by atoms with Crippen LogP contribution in [-0.2, 0) is 20.1 Å². The first-order valence-electron chi connectivity index (χ1n) is 25.4. The standard InChI is InChI=1S/C49H39N2O.C15H18GeN.Ir/c1-31(2)41-29-38(34-16-9-6-10-17-34)30-42(32(3)4)47(41)51-45-21-12-11-20-44(45)50-49(51)40-19-13-18-39-43-28-37(26-27-46(43)52-48(39)40)36-24-22-35(23-25-36)33-14-7-5-8-15-33;1-12-10-15(13-8-6-5-7-9-13)17-11-14(12)16(2,3)4;/h5-18,20-32H,1-4H3;5-8,10-11H,1-4H3;/q2*-1;/i;1D3;. The van der Waals surface area contributed by atoms with Gasteiger partial charge < -0.3 is 8.98 Å². The number of rotatable bonds is 9. The fourth-order valence-corrected chi connectivity index (χ4v) is 12.2. The number of imidazole rings is 1. The molecule has 11 rings (SSSR count). The second-order valence-corrected chi connectivity index (χ2v) is 30.0. The number of hydrogen-bond donors (Lipinski definition) is 0. The van der Waals surface area contributed by atoms with Crippen LogP contribution in [0.2, 0.25) is 17.3 Å². The van der Waals surface area contributed by atoms with Crippen LogP contribution in [0.4, 0.5) is 0 Å². The maximum atomic E-state index is 7.78. The molecule has 0 fully saturated rings. The number of aryl methyl sites for hydroxylation is 1. The van der Waals surface area contributed by atoms with E-state index < -0.39 is 20.1 Å². The third kappa shape index (κ3) is 9.63. The number of nitrogens with zero attached hydrogens (tertiary/aromatic N) is 3. The van der Waals surface area contributed by atoms with Crippen LogP contribution in [0, 0.1) is 19.0 Å². The molecule has 0 spiro atoms. The van der Waals surface area contributed by atoms with Crippen molar-refractivity contribution in [1.29, 1.82) is 0 Å². The molecule has 4 nitrogen and oxygen atoms in total. The Hall–Kier alpha value is -6.63. The van der Waals surface area contributed by atoms with E-state index in [-0.39, 0.29) is 31.9 Å². The molecule has 11 aromatic rings. The van der Waals surface area contributed by atoms with Crippen LogP contribution in [0.25, 0.3) is 94.7 Å². The number of furan rings is 1. The quantitative estimate of drug-likeness (QED) is 0.107. The summed E-state index contributed by atoms with van der Waals surface area (Å²) in [5.41, 5.74) is 17.4. The predicted molar refractivity (Wildman–Crippen MR) is 293 cm³/mol. The van der Waals surface area contributed by atoms with Crippen molar-refractivity contribution in [1.82, 2.24) is 14.5 Å². The topological polar surface area (TPSA) is 43.9 Å². The van der Waals surface area contributed by atoms with Crippen molar-refractivity contribution in [2.45, 2.75) is 63.7 Å². The van der Waals surface area contributed by atoms with Gasteiger partial charge in [0.2, 0.25) is 0 Å². The van der Waals surface area contributed by atoms with Crippen molar-refractivity contribution in [3.05, 3.63) is 217 Å². The van der Waals surface area contributed by atoms with E-state index in [4.69, 9.17) is 13.5 Å². The van der Waals surface area contributed by atoms with E-state index in [1.165, 1.54) is 44.6 Å². The van der Waals surface area contributed by atoms with Crippen LogP contribution >= 0.6 is 0 Å². The van der Waals surface area contributed by atoms with Crippen LogP contribution in [0.3, 0.4) is 0 Å². The summed E-state index contributed by atoms with van der Waals surface area (Å²) in [6, 6.07) is 69.7. The number of pyridine rings is 1. The molecule has 349 valence electrons. The first kappa shape index (κ1) is 44.6. The van der Waals surface area contributed by atoms with Gasteiger partial charge >= 0.3 is 110 Å². The fourth-order valence-electron chi connectivity index (χ4n) is 9.36. The van der Waals surface area contributed by atoms with Crippen molar-refractivity contribution < 1.29 is 28.6 Å². The Bertz CT molecular complexity index is 3680. The largest absolute Gasteiger partial charge is 0 e. The van der Waals surface area contributed by atoms with Gasteiger partial charge in [0.05, 0.1) is 22.4 Å². The number of benzene rings is 8. The van der Waals surface area contributed by atoms with Crippen molar-refractivity contribution >= 4 is 50.6 Å². The molecule has 0 saturated heterocycles. The Morgan fingerprint density at radius 2 is 1.19 bits per heavy atom. The minimum atomic E-state index is -2.27. The molecule has 70 heavy (non-hydrogen) atoms. The molecular formula is C64H57GeIrN3O-2. The summed E-state index contributed by atoms with van der Waals surface area (Å²) in [6.45, 7) is 7.05. The Labute approximate surface area is 433 Å². The third-order valence-electron chi connectivity index (χ3n) is 13.0. The fraction of sp³-hybridized carbons (Fsp3) is 0.156. The van der Waals surface area contributed by atoms with Crippen molar-refractivity contribution in [3.63, 3.8) is 0 Å². The molecule has 3 aromatic heterocycles. The molecule has 0 aliphatic heterocycles. The van der Waals surface area contributed by atoms with E-state index in [1.54, 1.807) is 12.3 Å². The molecule has 6 heteroatoms. The first-order valence-corrected chi connectivity index (χ1v) is 31.2. The molecular weight excluding hydrogens is 1090 g/mol. The van der Waals surface area contributed by atoms with Crippen LogP contribution in [-0.4, -0.2) is 27.8 Å². The van der Waals surface area contributed by atoms with Gasteiger partial charge in [-0.2, -0.15) is 0 Å². The molecule has 0 aliphatic rings. The van der Waals surface area contributed by atoms with E-state index in [0.717, 1.165) is 59.9 Å². The minimum absolute atomic E-state index is 0. The van der Waals surface area contributed by atoms with E-state index in [1.807, 2.05) is 30.3 Å². The third-order valence-corrected chi connectivity index (χ3v) is 17.2. The molecule has 0 aliphatic carbocycles. The SMILES string of the molecule is CC(C)c1cc(-c2ccccc2)cc(C(C)C)c1-n1c(-c2[c-]ccc3c2oc2ccc(-c4ccc(-c5ccccc5)cc4)cc23)nc2ccccc21.[2H]C([2H])([2H])c1cc(-c2[c-]cccc2)nc[c]1[Ge]([CH3])([CH3])[CH3].[Ir]. The molecule has 0 saturated carbocycles. The van der Waals surface area contributed by atoms with Gasteiger partial charge in [0, 0.05) is 31.2 Å². The average molecular weight is 1150 g/mol. The van der Waals surface area contributed by atoms with Gasteiger partial charge in [-0.15, -0.1) is 18.2 Å². The van der Waals surface area contributed by atoms with Gasteiger partial charge in [0.25, 0.3) is 0 Å². The Morgan fingerprint density at radius 1 is 0.586 bits per heavy atom. The Morgan fingerprint density at radius 3 is 1.81 bits per heavy atom. The maximum Gasteiger partial charge on any atom is 0 e. The molecule has 1 radical (unpaired) electrons. The average Bonchev–Trinajstić information content (AvgIpc) is 3.97. The monoisotopic (exact) mass is 1150 g/mol. The molecule has 0 bridgehead atoms. The van der Waals surface area contributed by atoms with E-state index in [2.05, 4.69) is 212 Å². The Kier molecular flexibility index (Phi) is 13.0. The van der Waals surface area contributed by atoms with Crippen LogP contribution in [0.15, 0.2) is 193 Å². The maximum absolute atomic E-state index is 7.78. The number of aromatic nitrogens is 3. The zero-order valence-electron chi connectivity index (χ0n) is 43.6. The predicted octanol–water partition coefficient (Wildman–Crippen LogP) is 17.0. The van der Waals surface area contributed by atoms with Crippen LogP contribution in [0.5, 0.6) is 0 Å². The summed E-state index contributed by atoms with van der Waals surface area (Å²) >= 11 is -2.27. The normalized spacial score (nSPS) is 12.4. The van der Waals surface area contributed by atoms with Crippen molar-refractivity contribution in [3.8, 4) is 61.7 Å². The van der Waals surface area contributed by atoms with Crippen molar-refractivity contribution in [2.24, 2.45) is 0 Å². The Balaban J connectivity index is 0.000000264. The number of hydrogen-bond acceptors (Lipinski definition) is 3. The van der Waals surface area contributed by atoms with E-state index in [0.29, 0.717) is 11.3 Å². The second kappa shape index (κ2) is 20.4. The molecule has 0 N–H and O–H groups in total. The first-order chi connectivity index (χ1) is 34.6. The molecule has 8 aromatic carbocycles. The zero-order valence-corrected chi connectivity index (χ0v) is 45.1. The molecule has 0 amide bonds. The summed E-state index contributed by atoms with van der Waals surface area (Å²) in [5, 5.41) is 2.13. The minimum Gasteiger partial charge on any atom is 0 e. The summed E-state index contributed by atoms with van der Waals surface area (Å²) in [4.78, 5) is 9.79. The van der Waals surface area contributed by atoms with Crippen LogP contribution < -0.4 is 4.40 Å². The second-order valence-electron chi connectivity index (χ2n) is 19.4. The summed E-state index contributed by atoms with van der Waals surface area (Å²) in [7, 11) is 0.